The van der Waals surface area contributed by atoms with E-state index >= 15 is 0 Å². The van der Waals surface area contributed by atoms with E-state index in [0.29, 0.717) is 18.1 Å². The van der Waals surface area contributed by atoms with E-state index in [1.165, 1.54) is 12.4 Å². The van der Waals surface area contributed by atoms with Crippen LogP contribution in [0.15, 0.2) is 12.4 Å². The number of hydrogen-bond acceptors (Lipinski definition) is 3. The van der Waals surface area contributed by atoms with Crippen LogP contribution in [0.5, 0.6) is 0 Å². The van der Waals surface area contributed by atoms with E-state index in [4.69, 9.17) is 4.84 Å². The predicted molar refractivity (Wildman–Crippen MR) is 46.8 cm³/mol. The number of H-pyrrole nitrogens is 1. The number of carbonyl (C=O) groups excluding carboxylic acids is 1. The normalized spacial score (nSPS) is 10.4. The fraction of sp³-hybridized carbons (Fsp3) is 0.500. The number of nitrogens with one attached hydrogen (secondary N) is 2. The smallest absolute Gasteiger partial charge is 0.278 e. The Bertz CT molecular complexity index is 256. The van der Waals surface area contributed by atoms with Gasteiger partial charge in [-0.1, -0.05) is 13.8 Å². The molecule has 0 radical (unpaired) electrons. The van der Waals surface area contributed by atoms with Crippen molar-refractivity contribution >= 4 is 5.91 Å². The van der Waals surface area contributed by atoms with E-state index in [2.05, 4.69) is 15.7 Å². The first-order valence-corrected chi connectivity index (χ1v) is 4.11. The van der Waals surface area contributed by atoms with Crippen LogP contribution < -0.4 is 5.48 Å². The Hall–Kier alpha value is -1.36. The Kier molecular flexibility index (Phi) is 3.45. The second kappa shape index (κ2) is 4.61. The summed E-state index contributed by atoms with van der Waals surface area (Å²) < 4.78 is 0. The number of hydroxylamine groups is 1. The lowest BCUT2D eigenvalue weighted by atomic mass is 10.2. The summed E-state index contributed by atoms with van der Waals surface area (Å²) in [4.78, 5) is 16.1. The van der Waals surface area contributed by atoms with E-state index < -0.39 is 0 Å². The van der Waals surface area contributed by atoms with Crippen molar-refractivity contribution in [1.29, 1.82) is 0 Å². The standard InChI is InChI=1S/C8H13N3O2/c1-6(2)5-13-11-8(12)7-3-9-10-4-7/h3-4,6H,5H2,1-2H3,(H,9,10)(H,11,12). The number of hydrogen-bond donors (Lipinski definition) is 2. The van der Waals surface area contributed by atoms with Crippen molar-refractivity contribution in [1.82, 2.24) is 15.7 Å². The number of carbonyl (C=O) groups is 1. The summed E-state index contributed by atoms with van der Waals surface area (Å²) in [5, 5.41) is 6.19. The van der Waals surface area contributed by atoms with Crippen LogP contribution in [0.25, 0.3) is 0 Å². The molecule has 0 fully saturated rings. The second-order valence-electron chi connectivity index (χ2n) is 3.12. The van der Waals surface area contributed by atoms with Crippen LogP contribution in [0.3, 0.4) is 0 Å². The highest BCUT2D eigenvalue weighted by Crippen LogP contribution is 1.94. The summed E-state index contributed by atoms with van der Waals surface area (Å²) in [6, 6.07) is 0. The van der Waals surface area contributed by atoms with Crippen LogP contribution in [-0.4, -0.2) is 22.7 Å². The molecule has 0 saturated heterocycles. The van der Waals surface area contributed by atoms with Gasteiger partial charge >= 0.3 is 0 Å². The van der Waals surface area contributed by atoms with Gasteiger partial charge in [-0.15, -0.1) is 0 Å². The Labute approximate surface area is 76.4 Å². The topological polar surface area (TPSA) is 67.0 Å². The molecular formula is C8H13N3O2. The van der Waals surface area contributed by atoms with Gasteiger partial charge in [0.05, 0.1) is 18.4 Å². The van der Waals surface area contributed by atoms with Gasteiger partial charge in [0.15, 0.2) is 0 Å². The highest BCUT2D eigenvalue weighted by Gasteiger charge is 2.05. The van der Waals surface area contributed by atoms with Gasteiger partial charge in [0.25, 0.3) is 5.91 Å². The van der Waals surface area contributed by atoms with Crippen molar-refractivity contribution < 1.29 is 9.63 Å². The molecule has 1 aromatic heterocycles. The quantitative estimate of drug-likeness (QED) is 0.676. The molecule has 0 aromatic carbocycles. The summed E-state index contributed by atoms with van der Waals surface area (Å²) in [6.07, 6.45) is 2.95. The van der Waals surface area contributed by atoms with Crippen molar-refractivity contribution in [2.24, 2.45) is 5.92 Å². The van der Waals surface area contributed by atoms with E-state index in [1.54, 1.807) is 0 Å². The van der Waals surface area contributed by atoms with Crippen LogP contribution in [0.1, 0.15) is 24.2 Å². The Morgan fingerprint density at radius 3 is 3.08 bits per heavy atom. The fourth-order valence-corrected chi connectivity index (χ4v) is 0.708. The third-order valence-electron chi connectivity index (χ3n) is 1.34. The third-order valence-corrected chi connectivity index (χ3v) is 1.34. The van der Waals surface area contributed by atoms with Gasteiger partial charge in [0, 0.05) is 6.20 Å². The Morgan fingerprint density at radius 1 is 1.77 bits per heavy atom. The minimum Gasteiger partial charge on any atom is -0.285 e. The van der Waals surface area contributed by atoms with Gasteiger partial charge in [-0.2, -0.15) is 5.10 Å². The van der Waals surface area contributed by atoms with Crippen LogP contribution >= 0.6 is 0 Å². The van der Waals surface area contributed by atoms with E-state index in [9.17, 15) is 4.79 Å². The summed E-state index contributed by atoms with van der Waals surface area (Å²) >= 11 is 0. The Morgan fingerprint density at radius 2 is 2.54 bits per heavy atom. The first-order chi connectivity index (χ1) is 6.20. The molecule has 0 aliphatic heterocycles. The van der Waals surface area contributed by atoms with Crippen LogP contribution in [0.4, 0.5) is 0 Å². The predicted octanol–water partition coefficient (Wildman–Crippen LogP) is 0.727. The molecule has 1 heterocycles. The maximum absolute atomic E-state index is 11.2. The second-order valence-corrected chi connectivity index (χ2v) is 3.12. The number of aromatic amines is 1. The maximum Gasteiger partial charge on any atom is 0.278 e. The van der Waals surface area contributed by atoms with E-state index in [1.807, 2.05) is 13.8 Å². The molecule has 13 heavy (non-hydrogen) atoms. The highest BCUT2D eigenvalue weighted by molar-refractivity contribution is 5.92. The number of nitrogens with zero attached hydrogens (tertiary/aromatic N) is 1. The molecule has 0 aliphatic rings. The van der Waals surface area contributed by atoms with Gasteiger partial charge in [0.1, 0.15) is 0 Å². The molecule has 0 atom stereocenters. The Balaban J connectivity index is 2.27. The zero-order chi connectivity index (χ0) is 9.68. The average molecular weight is 183 g/mol. The van der Waals surface area contributed by atoms with Crippen molar-refractivity contribution in [2.75, 3.05) is 6.61 Å². The van der Waals surface area contributed by atoms with Crippen LogP contribution in [0, 0.1) is 5.92 Å². The molecule has 0 spiro atoms. The van der Waals surface area contributed by atoms with Gasteiger partial charge in [0.2, 0.25) is 0 Å². The number of amides is 1. The molecule has 5 heteroatoms. The largest absolute Gasteiger partial charge is 0.285 e. The van der Waals surface area contributed by atoms with E-state index in [0.717, 1.165) is 0 Å². The van der Waals surface area contributed by atoms with E-state index in [-0.39, 0.29) is 5.91 Å². The maximum atomic E-state index is 11.2. The zero-order valence-corrected chi connectivity index (χ0v) is 7.70. The minimum absolute atomic E-state index is 0.283. The molecule has 1 aromatic rings. The summed E-state index contributed by atoms with van der Waals surface area (Å²) in [6.45, 7) is 4.51. The molecular weight excluding hydrogens is 170 g/mol. The molecule has 2 N–H and O–H groups in total. The summed E-state index contributed by atoms with van der Waals surface area (Å²) in [5.41, 5.74) is 2.78. The lowest BCUT2D eigenvalue weighted by Gasteiger charge is -2.05. The number of rotatable bonds is 4. The zero-order valence-electron chi connectivity index (χ0n) is 7.70. The molecule has 0 unspecified atom stereocenters. The van der Waals surface area contributed by atoms with Crippen molar-refractivity contribution in [2.45, 2.75) is 13.8 Å². The molecule has 0 bridgehead atoms. The van der Waals surface area contributed by atoms with Gasteiger partial charge in [-0.25, -0.2) is 5.48 Å². The summed E-state index contributed by atoms with van der Waals surface area (Å²) in [7, 11) is 0. The van der Waals surface area contributed by atoms with Gasteiger partial charge in [-0.3, -0.25) is 14.7 Å². The lowest BCUT2D eigenvalue weighted by Crippen LogP contribution is -2.25. The molecule has 5 nitrogen and oxygen atoms in total. The minimum atomic E-state index is -0.283. The summed E-state index contributed by atoms with van der Waals surface area (Å²) in [5.74, 6) is 0.110. The number of aromatic nitrogens is 2. The van der Waals surface area contributed by atoms with Crippen molar-refractivity contribution in [3.63, 3.8) is 0 Å². The average Bonchev–Trinajstić information content (AvgIpc) is 2.55. The highest BCUT2D eigenvalue weighted by atomic mass is 16.6. The SMILES string of the molecule is CC(C)CONC(=O)c1cn[nH]c1. The third kappa shape index (κ3) is 3.25. The lowest BCUT2D eigenvalue weighted by molar-refractivity contribution is 0.0209. The molecule has 0 aliphatic carbocycles. The van der Waals surface area contributed by atoms with Crippen molar-refractivity contribution in [3.05, 3.63) is 18.0 Å². The molecule has 1 rings (SSSR count). The van der Waals surface area contributed by atoms with Gasteiger partial charge in [-0.05, 0) is 5.92 Å². The fourth-order valence-electron chi connectivity index (χ4n) is 0.708. The molecule has 0 saturated carbocycles. The van der Waals surface area contributed by atoms with Crippen LogP contribution in [-0.2, 0) is 4.84 Å². The van der Waals surface area contributed by atoms with Crippen molar-refractivity contribution in [3.8, 4) is 0 Å². The van der Waals surface area contributed by atoms with Gasteiger partial charge < -0.3 is 0 Å². The molecule has 1 amide bonds. The van der Waals surface area contributed by atoms with Crippen LogP contribution in [0.2, 0.25) is 0 Å². The first kappa shape index (κ1) is 9.73. The molecule has 72 valence electrons. The monoisotopic (exact) mass is 183 g/mol. The first-order valence-electron chi connectivity index (χ1n) is 4.11.